The number of nitrogens with one attached hydrogen (secondary N) is 2. The zero-order chi connectivity index (χ0) is 17.5. The van der Waals surface area contributed by atoms with Crippen LogP contribution in [-0.4, -0.2) is 32.8 Å². The first-order valence-corrected chi connectivity index (χ1v) is 8.82. The van der Waals surface area contributed by atoms with Gasteiger partial charge >= 0.3 is 0 Å². The lowest BCUT2D eigenvalue weighted by atomic mass is 10.2. The SMILES string of the molecule is CN(C)c1ccc(/C=N/NC(=O)CNc2ccc(Br)cc2Br)cc1. The summed E-state index contributed by atoms with van der Waals surface area (Å²) in [6.45, 7) is 0.136. The summed E-state index contributed by atoms with van der Waals surface area (Å²) in [4.78, 5) is 13.8. The van der Waals surface area contributed by atoms with E-state index in [1.54, 1.807) is 6.21 Å². The van der Waals surface area contributed by atoms with Gasteiger partial charge in [-0.2, -0.15) is 5.10 Å². The fourth-order valence-electron chi connectivity index (χ4n) is 1.89. The van der Waals surface area contributed by atoms with Gasteiger partial charge in [-0.05, 0) is 51.8 Å². The van der Waals surface area contributed by atoms with E-state index in [2.05, 4.69) is 47.7 Å². The van der Waals surface area contributed by atoms with Crippen molar-refractivity contribution in [3.8, 4) is 0 Å². The number of benzene rings is 2. The molecule has 2 rings (SSSR count). The maximum Gasteiger partial charge on any atom is 0.259 e. The molecule has 126 valence electrons. The lowest BCUT2D eigenvalue weighted by Gasteiger charge is -2.11. The minimum Gasteiger partial charge on any atom is -0.378 e. The van der Waals surface area contributed by atoms with Crippen LogP contribution in [0.5, 0.6) is 0 Å². The third kappa shape index (κ3) is 5.65. The maximum atomic E-state index is 11.8. The summed E-state index contributed by atoms with van der Waals surface area (Å²) in [6.07, 6.45) is 1.62. The molecule has 0 heterocycles. The number of rotatable bonds is 6. The molecule has 7 heteroatoms. The second kappa shape index (κ2) is 8.84. The predicted octanol–water partition coefficient (Wildman–Crippen LogP) is 3.84. The fourth-order valence-corrected chi connectivity index (χ4v) is 3.07. The average molecular weight is 454 g/mol. The topological polar surface area (TPSA) is 56.7 Å². The second-order valence-corrected chi connectivity index (χ2v) is 7.03. The fraction of sp³-hybridized carbons (Fsp3) is 0.176. The summed E-state index contributed by atoms with van der Waals surface area (Å²) in [5, 5.41) is 7.02. The molecule has 0 aliphatic carbocycles. The van der Waals surface area contributed by atoms with E-state index in [1.807, 2.05) is 61.5 Å². The number of amides is 1. The summed E-state index contributed by atoms with van der Waals surface area (Å²) in [7, 11) is 3.97. The van der Waals surface area contributed by atoms with Crippen LogP contribution < -0.4 is 15.6 Å². The molecule has 2 aromatic carbocycles. The van der Waals surface area contributed by atoms with Gasteiger partial charge < -0.3 is 10.2 Å². The van der Waals surface area contributed by atoms with Crippen molar-refractivity contribution < 1.29 is 4.79 Å². The van der Waals surface area contributed by atoms with Gasteiger partial charge in [-0.3, -0.25) is 4.79 Å². The van der Waals surface area contributed by atoms with Crippen LogP contribution in [0.2, 0.25) is 0 Å². The van der Waals surface area contributed by atoms with Crippen LogP contribution in [0.15, 0.2) is 56.5 Å². The first-order chi connectivity index (χ1) is 11.5. The highest BCUT2D eigenvalue weighted by Gasteiger charge is 2.03. The summed E-state index contributed by atoms with van der Waals surface area (Å²) >= 11 is 6.83. The Morgan fingerprint density at radius 3 is 2.50 bits per heavy atom. The Morgan fingerprint density at radius 1 is 1.17 bits per heavy atom. The van der Waals surface area contributed by atoms with Crippen molar-refractivity contribution in [1.29, 1.82) is 0 Å². The third-order valence-corrected chi connectivity index (χ3v) is 4.33. The van der Waals surface area contributed by atoms with Gasteiger partial charge in [0.1, 0.15) is 0 Å². The van der Waals surface area contributed by atoms with E-state index >= 15 is 0 Å². The molecule has 0 atom stereocenters. The molecular weight excluding hydrogens is 436 g/mol. The summed E-state index contributed by atoms with van der Waals surface area (Å²) in [6, 6.07) is 13.6. The Kier molecular flexibility index (Phi) is 6.81. The maximum absolute atomic E-state index is 11.8. The summed E-state index contributed by atoms with van der Waals surface area (Å²) in [5.74, 6) is -0.217. The normalized spacial score (nSPS) is 10.7. The molecule has 2 aromatic rings. The van der Waals surface area contributed by atoms with Gasteiger partial charge in [0.25, 0.3) is 5.91 Å². The molecule has 1 amide bonds. The van der Waals surface area contributed by atoms with E-state index in [-0.39, 0.29) is 12.5 Å². The van der Waals surface area contributed by atoms with Crippen LogP contribution in [0.25, 0.3) is 0 Å². The van der Waals surface area contributed by atoms with Crippen LogP contribution in [0.4, 0.5) is 11.4 Å². The van der Waals surface area contributed by atoms with E-state index in [1.165, 1.54) is 0 Å². The number of hydrogen-bond donors (Lipinski definition) is 2. The minimum absolute atomic E-state index is 0.136. The highest BCUT2D eigenvalue weighted by molar-refractivity contribution is 9.11. The number of carbonyl (C=O) groups is 1. The van der Waals surface area contributed by atoms with Crippen LogP contribution in [-0.2, 0) is 4.79 Å². The molecule has 0 spiro atoms. The number of halogens is 2. The van der Waals surface area contributed by atoms with E-state index in [0.29, 0.717) is 0 Å². The Hall–Kier alpha value is -1.86. The zero-order valence-electron chi connectivity index (χ0n) is 13.4. The number of hydrazone groups is 1. The largest absolute Gasteiger partial charge is 0.378 e. The predicted molar refractivity (Wildman–Crippen MR) is 107 cm³/mol. The van der Waals surface area contributed by atoms with E-state index in [0.717, 1.165) is 25.9 Å². The molecule has 5 nitrogen and oxygen atoms in total. The molecule has 0 unspecified atom stereocenters. The molecule has 0 aliphatic rings. The Bertz CT molecular complexity index is 730. The van der Waals surface area contributed by atoms with Crippen molar-refractivity contribution in [3.05, 3.63) is 57.0 Å². The smallest absolute Gasteiger partial charge is 0.259 e. The van der Waals surface area contributed by atoms with Gasteiger partial charge in [0.2, 0.25) is 0 Å². The van der Waals surface area contributed by atoms with E-state index < -0.39 is 0 Å². The monoisotopic (exact) mass is 452 g/mol. The number of hydrogen-bond acceptors (Lipinski definition) is 4. The zero-order valence-corrected chi connectivity index (χ0v) is 16.6. The molecule has 0 saturated carbocycles. The molecule has 24 heavy (non-hydrogen) atoms. The average Bonchev–Trinajstić information content (AvgIpc) is 2.54. The van der Waals surface area contributed by atoms with Gasteiger partial charge in [0.15, 0.2) is 0 Å². The minimum atomic E-state index is -0.217. The van der Waals surface area contributed by atoms with Crippen molar-refractivity contribution in [3.63, 3.8) is 0 Å². The van der Waals surface area contributed by atoms with Crippen LogP contribution in [0.3, 0.4) is 0 Å². The lowest BCUT2D eigenvalue weighted by molar-refractivity contribution is -0.119. The molecule has 0 saturated heterocycles. The van der Waals surface area contributed by atoms with Crippen molar-refractivity contribution in [2.24, 2.45) is 5.10 Å². The van der Waals surface area contributed by atoms with E-state index in [9.17, 15) is 4.79 Å². The Morgan fingerprint density at radius 2 is 1.88 bits per heavy atom. The van der Waals surface area contributed by atoms with Crippen LogP contribution in [0.1, 0.15) is 5.56 Å². The standard InChI is InChI=1S/C17H18Br2N4O/c1-23(2)14-6-3-12(4-7-14)10-21-22-17(24)11-20-16-8-5-13(18)9-15(16)19/h3-10,20H,11H2,1-2H3,(H,22,24)/b21-10+. The Balaban J connectivity index is 1.82. The first-order valence-electron chi connectivity index (χ1n) is 7.24. The quantitative estimate of drug-likeness (QED) is 0.516. The number of nitrogens with zero attached hydrogens (tertiary/aromatic N) is 2. The highest BCUT2D eigenvalue weighted by atomic mass is 79.9. The van der Waals surface area contributed by atoms with Gasteiger partial charge in [0.05, 0.1) is 12.8 Å². The molecule has 0 radical (unpaired) electrons. The molecule has 2 N–H and O–H groups in total. The second-order valence-electron chi connectivity index (χ2n) is 5.26. The summed E-state index contributed by atoms with van der Waals surface area (Å²) < 4.78 is 1.85. The van der Waals surface area contributed by atoms with Crippen molar-refractivity contribution in [2.45, 2.75) is 0 Å². The third-order valence-electron chi connectivity index (χ3n) is 3.18. The van der Waals surface area contributed by atoms with Crippen LogP contribution >= 0.6 is 31.9 Å². The molecule has 0 fully saturated rings. The van der Waals surface area contributed by atoms with Gasteiger partial charge in [0, 0.05) is 34.4 Å². The number of carbonyl (C=O) groups excluding carboxylic acids is 1. The van der Waals surface area contributed by atoms with Gasteiger partial charge in [-0.15, -0.1) is 0 Å². The highest BCUT2D eigenvalue weighted by Crippen LogP contribution is 2.25. The van der Waals surface area contributed by atoms with Crippen molar-refractivity contribution in [2.75, 3.05) is 30.9 Å². The van der Waals surface area contributed by atoms with Crippen LogP contribution in [0, 0.1) is 0 Å². The van der Waals surface area contributed by atoms with Gasteiger partial charge in [-0.25, -0.2) is 5.43 Å². The summed E-state index contributed by atoms with van der Waals surface area (Å²) in [5.41, 5.74) is 5.38. The van der Waals surface area contributed by atoms with Crippen molar-refractivity contribution >= 4 is 55.4 Å². The molecule has 0 bridgehead atoms. The first kappa shape index (κ1) is 18.5. The molecular formula is C17H18Br2N4O. The van der Waals surface area contributed by atoms with Gasteiger partial charge in [-0.1, -0.05) is 28.1 Å². The Labute approximate surface area is 158 Å². The lowest BCUT2D eigenvalue weighted by Crippen LogP contribution is -2.26. The molecule has 0 aromatic heterocycles. The number of anilines is 2. The molecule has 0 aliphatic heterocycles. The van der Waals surface area contributed by atoms with Crippen molar-refractivity contribution in [1.82, 2.24) is 5.43 Å². The van der Waals surface area contributed by atoms with E-state index in [4.69, 9.17) is 0 Å².